The van der Waals surface area contributed by atoms with Crippen LogP contribution < -0.4 is 15.7 Å². The Hall–Kier alpha value is -3.19. The first kappa shape index (κ1) is 17.6. The monoisotopic (exact) mass is 349 g/mol. The predicted octanol–water partition coefficient (Wildman–Crippen LogP) is 3.14. The van der Waals surface area contributed by atoms with E-state index in [0.717, 1.165) is 22.5 Å². The van der Waals surface area contributed by atoms with Crippen LogP contribution >= 0.6 is 0 Å². The third-order valence-electron chi connectivity index (χ3n) is 3.92. The molecule has 0 heterocycles. The van der Waals surface area contributed by atoms with Gasteiger partial charge in [0.05, 0.1) is 11.4 Å². The number of anilines is 2. The third-order valence-corrected chi connectivity index (χ3v) is 3.92. The van der Waals surface area contributed by atoms with Gasteiger partial charge in [-0.25, -0.2) is 10.2 Å². The number of nitrogens with zero attached hydrogens (tertiary/aromatic N) is 1. The standard InChI is InChI=1S/C20H19N3O3/c1-15(24)22(19-5-3-2-4-6-19)21-18-11-7-16(8-12-18)17-9-13-20(14-10-17)23(25)26/h2-14,21,23,25H,1H3. The Bertz CT molecular complexity index is 863. The predicted molar refractivity (Wildman–Crippen MR) is 101 cm³/mol. The van der Waals surface area contributed by atoms with Gasteiger partial charge in [0.1, 0.15) is 0 Å². The second-order valence-electron chi connectivity index (χ2n) is 5.76. The van der Waals surface area contributed by atoms with Gasteiger partial charge in [0.15, 0.2) is 5.69 Å². The molecule has 26 heavy (non-hydrogen) atoms. The number of amides is 1. The second kappa shape index (κ2) is 7.79. The number of nitrogens with one attached hydrogen (secondary N) is 2. The van der Waals surface area contributed by atoms with Crippen molar-refractivity contribution in [3.63, 3.8) is 0 Å². The summed E-state index contributed by atoms with van der Waals surface area (Å²) in [4.78, 5) is 11.9. The zero-order valence-electron chi connectivity index (χ0n) is 14.2. The van der Waals surface area contributed by atoms with Gasteiger partial charge in [0, 0.05) is 19.1 Å². The molecule has 6 nitrogen and oxygen atoms in total. The first-order chi connectivity index (χ1) is 12.5. The number of benzene rings is 3. The zero-order valence-corrected chi connectivity index (χ0v) is 14.2. The second-order valence-corrected chi connectivity index (χ2v) is 5.76. The molecule has 3 aromatic carbocycles. The molecular formula is C20H19N3O3. The maximum Gasteiger partial charge on any atom is 0.242 e. The van der Waals surface area contributed by atoms with Crippen LogP contribution in [0.15, 0.2) is 78.9 Å². The minimum absolute atomic E-state index is 0.121. The van der Waals surface area contributed by atoms with Crippen LogP contribution in [-0.4, -0.2) is 11.1 Å². The minimum atomic E-state index is -0.943. The molecular weight excluding hydrogens is 330 g/mol. The molecule has 3 aromatic rings. The van der Waals surface area contributed by atoms with Crippen molar-refractivity contribution in [2.45, 2.75) is 6.92 Å². The molecule has 0 aromatic heterocycles. The van der Waals surface area contributed by atoms with Crippen LogP contribution in [0.25, 0.3) is 11.1 Å². The average molecular weight is 349 g/mol. The van der Waals surface area contributed by atoms with Gasteiger partial charge in [0.25, 0.3) is 0 Å². The Morgan fingerprint density at radius 3 is 1.96 bits per heavy atom. The minimum Gasteiger partial charge on any atom is -0.595 e. The van der Waals surface area contributed by atoms with E-state index >= 15 is 0 Å². The number of quaternary nitrogens is 1. The summed E-state index contributed by atoms with van der Waals surface area (Å²) in [5.41, 5.74) is 6.77. The summed E-state index contributed by atoms with van der Waals surface area (Å²) in [7, 11) is 0. The van der Waals surface area contributed by atoms with Crippen LogP contribution in [0.1, 0.15) is 6.92 Å². The van der Waals surface area contributed by atoms with Crippen molar-refractivity contribution >= 4 is 23.0 Å². The lowest BCUT2D eigenvalue weighted by Crippen LogP contribution is -2.99. The summed E-state index contributed by atoms with van der Waals surface area (Å²) < 4.78 is 0. The molecule has 0 aliphatic rings. The lowest BCUT2D eigenvalue weighted by Gasteiger charge is -2.23. The fraction of sp³-hybridized carbons (Fsp3) is 0.0500. The SMILES string of the molecule is CC(=O)N(Nc1ccc(-c2ccc([NH+]([O-])O)cc2)cc1)c1ccccc1. The summed E-state index contributed by atoms with van der Waals surface area (Å²) in [6.45, 7) is 1.50. The summed E-state index contributed by atoms with van der Waals surface area (Å²) in [5, 5.41) is 20.4. The van der Waals surface area contributed by atoms with Gasteiger partial charge in [-0.3, -0.25) is 10.2 Å². The van der Waals surface area contributed by atoms with Gasteiger partial charge in [-0.1, -0.05) is 30.3 Å². The van der Waals surface area contributed by atoms with Gasteiger partial charge >= 0.3 is 0 Å². The smallest absolute Gasteiger partial charge is 0.242 e. The largest absolute Gasteiger partial charge is 0.595 e. The van der Waals surface area contributed by atoms with Crippen LogP contribution in [0, 0.1) is 5.21 Å². The van der Waals surface area contributed by atoms with Gasteiger partial charge in [-0.05, 0) is 47.5 Å². The number of hydrogen-bond acceptors (Lipinski definition) is 4. The quantitative estimate of drug-likeness (QED) is 0.618. The Balaban J connectivity index is 1.77. The van der Waals surface area contributed by atoms with E-state index in [4.69, 9.17) is 5.21 Å². The number of para-hydroxylation sites is 1. The summed E-state index contributed by atoms with van der Waals surface area (Å²) in [6, 6.07) is 23.6. The van der Waals surface area contributed by atoms with Crippen molar-refractivity contribution in [1.82, 2.24) is 0 Å². The number of carbonyl (C=O) groups is 1. The molecule has 1 unspecified atom stereocenters. The van der Waals surface area contributed by atoms with Crippen LogP contribution in [-0.2, 0) is 4.79 Å². The number of hydrazine groups is 1. The van der Waals surface area contributed by atoms with Gasteiger partial charge in [-0.15, -0.1) is 0 Å². The summed E-state index contributed by atoms with van der Waals surface area (Å²) >= 11 is 0. The number of carbonyl (C=O) groups excluding carboxylic acids is 1. The molecule has 3 rings (SSSR count). The highest BCUT2D eigenvalue weighted by molar-refractivity contribution is 5.93. The van der Waals surface area contributed by atoms with E-state index < -0.39 is 5.23 Å². The number of rotatable bonds is 5. The van der Waals surface area contributed by atoms with E-state index in [-0.39, 0.29) is 11.6 Å². The van der Waals surface area contributed by atoms with Gasteiger partial charge < -0.3 is 5.21 Å². The molecule has 0 bridgehead atoms. The van der Waals surface area contributed by atoms with E-state index in [1.54, 1.807) is 24.3 Å². The first-order valence-electron chi connectivity index (χ1n) is 8.11. The molecule has 0 aliphatic carbocycles. The lowest BCUT2D eigenvalue weighted by atomic mass is 10.1. The highest BCUT2D eigenvalue weighted by Crippen LogP contribution is 2.23. The van der Waals surface area contributed by atoms with E-state index in [2.05, 4.69) is 5.43 Å². The number of hydrogen-bond donors (Lipinski definition) is 3. The normalized spacial score (nSPS) is 11.7. The van der Waals surface area contributed by atoms with Crippen molar-refractivity contribution < 1.29 is 15.2 Å². The molecule has 0 radical (unpaired) electrons. The average Bonchev–Trinajstić information content (AvgIpc) is 2.67. The molecule has 0 saturated heterocycles. The van der Waals surface area contributed by atoms with Crippen molar-refractivity contribution in [2.24, 2.45) is 0 Å². The molecule has 0 spiro atoms. The van der Waals surface area contributed by atoms with Crippen LogP contribution in [0.3, 0.4) is 0 Å². The topological polar surface area (TPSA) is 80.1 Å². The molecule has 1 atom stereocenters. The summed E-state index contributed by atoms with van der Waals surface area (Å²) in [6.07, 6.45) is 0. The highest BCUT2D eigenvalue weighted by Gasteiger charge is 2.11. The van der Waals surface area contributed by atoms with E-state index in [1.165, 1.54) is 11.9 Å². The Labute approximate surface area is 151 Å². The third kappa shape index (κ3) is 4.07. The highest BCUT2D eigenvalue weighted by atomic mass is 16.8. The lowest BCUT2D eigenvalue weighted by molar-refractivity contribution is -0.991. The van der Waals surface area contributed by atoms with E-state index in [9.17, 15) is 10.0 Å². The molecule has 0 aliphatic heterocycles. The van der Waals surface area contributed by atoms with Crippen LogP contribution in [0.5, 0.6) is 0 Å². The van der Waals surface area contributed by atoms with Crippen molar-refractivity contribution in [3.8, 4) is 11.1 Å². The van der Waals surface area contributed by atoms with E-state index in [0.29, 0.717) is 0 Å². The molecule has 6 heteroatoms. The maximum absolute atomic E-state index is 11.9. The van der Waals surface area contributed by atoms with Crippen molar-refractivity contribution in [2.75, 3.05) is 10.4 Å². The van der Waals surface area contributed by atoms with Gasteiger partial charge in [-0.2, -0.15) is 5.23 Å². The fourth-order valence-corrected chi connectivity index (χ4v) is 2.57. The molecule has 3 N–H and O–H groups in total. The van der Waals surface area contributed by atoms with E-state index in [1.807, 2.05) is 54.6 Å². The molecule has 0 fully saturated rings. The zero-order chi connectivity index (χ0) is 18.5. The molecule has 1 amide bonds. The van der Waals surface area contributed by atoms with Crippen LogP contribution in [0.4, 0.5) is 17.1 Å². The van der Waals surface area contributed by atoms with Crippen LogP contribution in [0.2, 0.25) is 0 Å². The molecule has 0 saturated carbocycles. The molecule has 132 valence electrons. The van der Waals surface area contributed by atoms with Crippen molar-refractivity contribution in [1.29, 1.82) is 0 Å². The Kier molecular flexibility index (Phi) is 5.28. The Morgan fingerprint density at radius 1 is 0.923 bits per heavy atom. The maximum atomic E-state index is 11.9. The fourth-order valence-electron chi connectivity index (χ4n) is 2.57. The summed E-state index contributed by atoms with van der Waals surface area (Å²) in [5.74, 6) is -0.121. The van der Waals surface area contributed by atoms with Gasteiger partial charge in [0.2, 0.25) is 5.91 Å². The van der Waals surface area contributed by atoms with Crippen molar-refractivity contribution in [3.05, 3.63) is 84.1 Å². The first-order valence-corrected chi connectivity index (χ1v) is 8.11. The Morgan fingerprint density at radius 2 is 1.46 bits per heavy atom.